The first-order valence-electron chi connectivity index (χ1n) is 26.7. The van der Waals surface area contributed by atoms with E-state index in [0.29, 0.717) is 82.6 Å². The standard InChI is InChI=1S/2C13H13ClN2O3.C11H11ClO2.C8H6BrClO.C8H3BrF3N.C8H7ClO2.C3H5Br.CH2O2.2Cu.Na.O/c2*1-2-7-19-8-13(11(17)15-12(18)16-13)9-3-5-10(14)6-4-9;1-2-7-14-8-11(13)9-3-5-10(12)6-4-9;9-5-8(11)6-1-3-7(10)4-2-6;9-6-2-1-5(4-13)7(3-6)8(10,11)12;9-7-3-1-6(2-4-7)8(11)5-10;1-2-3-4;2-1-3;;;;/h2*2-6H,1,7-8H2,(H2,15,16,17,18);2-6H,1,7-8H2;1-4H,5H2;1-3H;1-4,10H,5H2;2H,1,3H2;1H,(H,2,3);;;;/q;;;;;;;;;;+1;/p-1. The number of carbonyl (C=O) groups excluding carboxylic acids is 8. The molecule has 8 rings (SSSR count). The molecular weight excluding hydrogens is 1700 g/mol. The molecule has 2 saturated heterocycles. The zero-order chi connectivity index (χ0) is 72.9. The second-order valence-electron chi connectivity index (χ2n) is 18.0. The van der Waals surface area contributed by atoms with Gasteiger partial charge < -0.3 is 39.9 Å². The van der Waals surface area contributed by atoms with Crippen molar-refractivity contribution in [2.24, 2.45) is 0 Å². The Hall–Kier alpha value is -5.51. The Morgan fingerprint density at radius 2 is 0.908 bits per heavy atom. The van der Waals surface area contributed by atoms with Crippen LogP contribution in [0.3, 0.4) is 0 Å². The molecule has 5 N–H and O–H groups in total. The van der Waals surface area contributed by atoms with Crippen LogP contribution in [0.4, 0.5) is 22.8 Å². The number of halogens is 11. The number of carboxylic acid groups (broad SMARTS) is 1. The number of rotatable bonds is 20. The van der Waals surface area contributed by atoms with Gasteiger partial charge in [0.25, 0.3) is 11.8 Å². The number of hydrogen-bond acceptors (Lipinski definition) is 15. The van der Waals surface area contributed by atoms with Crippen LogP contribution in [-0.4, -0.2) is 110 Å². The van der Waals surface area contributed by atoms with Gasteiger partial charge in [-0.25, -0.2) is 9.59 Å². The number of nitrogens with one attached hydrogen (secondary N) is 4. The van der Waals surface area contributed by atoms with E-state index in [9.17, 15) is 46.7 Å². The molecule has 0 aliphatic carbocycles. The number of Topliss-reactive ketones (excluding diaryl/α,β-unsaturated/α-hetero) is 3. The summed E-state index contributed by atoms with van der Waals surface area (Å²) in [6.45, 7) is 14.1. The Bertz CT molecular complexity index is 3410. The van der Waals surface area contributed by atoms with Crippen LogP contribution in [0.5, 0.6) is 0 Å². The minimum absolute atomic E-state index is 0. The van der Waals surface area contributed by atoms with E-state index in [0.717, 1.165) is 17.5 Å². The third-order valence-corrected chi connectivity index (χ3v) is 14.1. The van der Waals surface area contributed by atoms with Gasteiger partial charge in [-0.2, -0.15) is 18.4 Å². The number of hydrogen-bond donors (Lipinski definition) is 5. The van der Waals surface area contributed by atoms with E-state index >= 15 is 0 Å². The number of aliphatic hydroxyl groups is 1. The second kappa shape index (κ2) is 54.3. The number of amides is 6. The molecule has 33 heteroatoms. The zero-order valence-corrected chi connectivity index (χ0v) is 63.7. The average molecular weight is 1760 g/mol. The van der Waals surface area contributed by atoms with E-state index in [1.54, 1.807) is 146 Å². The molecule has 19 nitrogen and oxygen atoms in total. The summed E-state index contributed by atoms with van der Waals surface area (Å²) >= 11 is 40.6. The monoisotopic (exact) mass is 1750 g/mol. The molecule has 2 heterocycles. The summed E-state index contributed by atoms with van der Waals surface area (Å²) < 4.78 is 60.6. The number of nitriles is 1. The van der Waals surface area contributed by atoms with Gasteiger partial charge in [0.2, 0.25) is 0 Å². The molecule has 6 aromatic rings. The van der Waals surface area contributed by atoms with Crippen molar-refractivity contribution < 1.29 is 142 Å². The number of carbonyl (C=O) groups is 8. The minimum atomic E-state index is -4.48. The van der Waals surface area contributed by atoms with Crippen molar-refractivity contribution >= 4 is 153 Å². The van der Waals surface area contributed by atoms with Gasteiger partial charge in [0, 0.05) is 75.1 Å². The number of alkyl halides is 5. The molecule has 6 aromatic carbocycles. The fraction of sp³-hybridized carbons (Fsp3) is 0.185. The van der Waals surface area contributed by atoms with Crippen molar-refractivity contribution in [1.82, 2.24) is 21.3 Å². The van der Waals surface area contributed by atoms with E-state index in [4.69, 9.17) is 96.3 Å². The van der Waals surface area contributed by atoms with Crippen molar-refractivity contribution in [2.75, 3.05) is 56.9 Å². The number of ether oxygens (including phenoxy) is 3. The number of allylic oxidation sites excluding steroid dienone is 1. The maximum absolute atomic E-state index is 12.2. The van der Waals surface area contributed by atoms with Gasteiger partial charge in [-0.1, -0.05) is 154 Å². The van der Waals surface area contributed by atoms with Gasteiger partial charge in [-0.05, 0) is 126 Å². The summed E-state index contributed by atoms with van der Waals surface area (Å²) in [7, 11) is 0. The molecule has 2 atom stereocenters. The summed E-state index contributed by atoms with van der Waals surface area (Å²) in [5, 5.41) is 39.0. The number of ketones is 3. The molecule has 1 radical (unpaired) electrons. The molecule has 2 aliphatic heterocycles. The molecule has 6 amide bonds. The van der Waals surface area contributed by atoms with Crippen molar-refractivity contribution in [3.63, 3.8) is 0 Å². The topological polar surface area (TPSA) is 297 Å². The maximum atomic E-state index is 12.2. The molecule has 98 heavy (non-hydrogen) atoms. The number of imide groups is 2. The van der Waals surface area contributed by atoms with Gasteiger partial charge in [0.05, 0.1) is 55.6 Å². The van der Waals surface area contributed by atoms with E-state index in [1.807, 2.05) is 0 Å². The second-order valence-corrected chi connectivity index (χ2v) is 22.3. The number of nitrogens with zero attached hydrogens (tertiary/aromatic N) is 1. The van der Waals surface area contributed by atoms with Crippen LogP contribution >= 0.6 is 106 Å². The van der Waals surface area contributed by atoms with Crippen molar-refractivity contribution in [2.45, 2.75) is 17.3 Å². The Kier molecular flexibility index (Phi) is 53.5. The van der Waals surface area contributed by atoms with Gasteiger partial charge in [0.15, 0.2) is 28.4 Å². The van der Waals surface area contributed by atoms with Crippen LogP contribution in [0, 0.1) is 11.3 Å². The van der Waals surface area contributed by atoms with E-state index in [2.05, 4.69) is 111 Å². The molecule has 0 bridgehead atoms. The first-order valence-corrected chi connectivity index (χ1v) is 32.0. The van der Waals surface area contributed by atoms with Crippen LogP contribution in [0.1, 0.15) is 53.3 Å². The Morgan fingerprint density at radius 1 is 0.592 bits per heavy atom. The van der Waals surface area contributed by atoms with Gasteiger partial charge in [0.1, 0.15) is 13.2 Å². The first kappa shape index (κ1) is 96.7. The third kappa shape index (κ3) is 36.2. The van der Waals surface area contributed by atoms with E-state index in [1.165, 1.54) is 12.1 Å². The number of aliphatic hydroxyl groups excluding tert-OH is 1. The van der Waals surface area contributed by atoms with Crippen LogP contribution in [-0.2, 0) is 82.7 Å². The third-order valence-electron chi connectivity index (χ3n) is 11.4. The SMILES string of the molecule is C=CCBr.C=CCOCC(=O)c1ccc(Cl)cc1.C=CCOCC1(c2ccc(Cl)cc2)NC(=O)NC1=O.C=CCOCC1(c2ccc(Cl)cc2)NC(=O)NC1=O.N#Cc1ccc(Br)cc1C(F)(F)F.O=C(CBr)c1ccc(Cl)cc1.O=C(CO)c1ccc(Cl)cc1.O=C[O-].[Cu].[Na+].[O]=[Cu]. The first-order chi connectivity index (χ1) is 45.6. The van der Waals surface area contributed by atoms with Crippen LogP contribution in [0.2, 0.25) is 25.1 Å². The molecule has 2 aliphatic rings. The van der Waals surface area contributed by atoms with Gasteiger partial charge in [-0.15, -0.1) is 26.3 Å². The zero-order valence-electron chi connectivity index (χ0n) is 51.3. The van der Waals surface area contributed by atoms with E-state index in [-0.39, 0.29) is 89.4 Å². The van der Waals surface area contributed by atoms with Crippen LogP contribution in [0.25, 0.3) is 0 Å². The summed E-state index contributed by atoms with van der Waals surface area (Å²) in [4.78, 5) is 88.4. The fourth-order valence-corrected chi connectivity index (χ4v) is 8.38. The van der Waals surface area contributed by atoms with Crippen molar-refractivity contribution in [3.8, 4) is 6.07 Å². The average Bonchev–Trinajstić information content (AvgIpc) is 1.61. The summed E-state index contributed by atoms with van der Waals surface area (Å²) in [5.41, 5.74) is -0.703. The molecular formula is C65H59Br3Cl5Cu2F3N5NaO14. The van der Waals surface area contributed by atoms with Crippen LogP contribution < -0.4 is 55.9 Å². The van der Waals surface area contributed by atoms with Crippen LogP contribution in [0.15, 0.2) is 195 Å². The quantitative estimate of drug-likeness (QED) is 0.00903. The number of benzene rings is 6. The Morgan fingerprint density at radius 3 is 1.18 bits per heavy atom. The molecule has 0 spiro atoms. The molecule has 528 valence electrons. The predicted octanol–water partition coefficient (Wildman–Crippen LogP) is 10.5. The fourth-order valence-electron chi connectivity index (χ4n) is 7.06. The molecule has 0 saturated carbocycles. The predicted molar refractivity (Wildman–Crippen MR) is 365 cm³/mol. The Balaban J connectivity index is -0.00000109. The molecule has 2 fully saturated rings. The number of urea groups is 2. The van der Waals surface area contributed by atoms with Crippen molar-refractivity contribution in [1.29, 1.82) is 5.26 Å². The summed E-state index contributed by atoms with van der Waals surface area (Å²) in [5.74, 6) is -1.15. The normalized spacial score (nSPS) is 14.0. The molecule has 0 aromatic heterocycles. The van der Waals surface area contributed by atoms with Gasteiger partial charge >= 0.3 is 67.6 Å². The summed E-state index contributed by atoms with van der Waals surface area (Å²) in [6.07, 6.45) is 2.07. The molecule has 2 unspecified atom stereocenters. The Labute approximate surface area is 654 Å². The summed E-state index contributed by atoms with van der Waals surface area (Å²) in [6, 6.07) is 37.2. The van der Waals surface area contributed by atoms with E-state index < -0.39 is 59.8 Å². The van der Waals surface area contributed by atoms with Gasteiger partial charge in [-0.3, -0.25) is 34.6 Å². The van der Waals surface area contributed by atoms with Crippen molar-refractivity contribution in [3.05, 3.63) is 259 Å².